The normalized spacial score (nSPS) is 16.3. The van der Waals surface area contributed by atoms with Crippen LogP contribution >= 0.6 is 0 Å². The van der Waals surface area contributed by atoms with Gasteiger partial charge in [-0.15, -0.1) is 0 Å². The molecule has 1 amide bonds. The molecule has 1 unspecified atom stereocenters. The Hall–Kier alpha value is -3.57. The zero-order valence-electron chi connectivity index (χ0n) is 18.5. The second kappa shape index (κ2) is 9.35. The predicted molar refractivity (Wildman–Crippen MR) is 125 cm³/mol. The summed E-state index contributed by atoms with van der Waals surface area (Å²) in [5.74, 6) is 0.247. The van der Waals surface area contributed by atoms with Gasteiger partial charge < -0.3 is 14.7 Å². The van der Waals surface area contributed by atoms with E-state index in [9.17, 15) is 17.6 Å². The quantitative estimate of drug-likeness (QED) is 0.524. The van der Waals surface area contributed by atoms with E-state index >= 15 is 0 Å². The van der Waals surface area contributed by atoms with Gasteiger partial charge >= 0.3 is 6.09 Å². The topological polar surface area (TPSA) is 122 Å². The van der Waals surface area contributed by atoms with Gasteiger partial charge in [0.2, 0.25) is 0 Å². The Morgan fingerprint density at radius 3 is 2.56 bits per heavy atom. The third-order valence-corrected chi connectivity index (χ3v) is 6.54. The van der Waals surface area contributed by atoms with Crippen LogP contribution in [0.15, 0.2) is 53.4 Å². The number of morpholine rings is 1. The number of hydrogen-bond donors (Lipinski definition) is 2. The number of nitrogens with zero attached hydrogens (tertiary/aromatic N) is 3. The Bertz CT molecular complexity index is 1330. The molecule has 2 heterocycles. The third-order valence-electron chi connectivity index (χ3n) is 5.39. The Balaban J connectivity index is 1.89. The van der Waals surface area contributed by atoms with Crippen molar-refractivity contribution in [3.05, 3.63) is 54.3 Å². The number of hydrogen-bond acceptors (Lipinski definition) is 7. The van der Waals surface area contributed by atoms with Crippen molar-refractivity contribution in [2.45, 2.75) is 17.9 Å². The largest absolute Gasteiger partial charge is 0.465 e. The molecule has 0 spiro atoms. The summed E-state index contributed by atoms with van der Waals surface area (Å²) in [5, 5.41) is 11.2. The predicted octanol–water partition coefficient (Wildman–Crippen LogP) is 3.67. The third kappa shape index (κ3) is 5.15. The molecule has 178 valence electrons. The van der Waals surface area contributed by atoms with Crippen LogP contribution in [0, 0.1) is 5.82 Å². The van der Waals surface area contributed by atoms with Crippen LogP contribution in [0.25, 0.3) is 22.6 Å². The minimum Gasteiger partial charge on any atom is -0.465 e. The fraction of sp³-hybridized carbons (Fsp3) is 0.261. The number of carboxylic acid groups (broad SMARTS) is 1. The molecule has 1 saturated heterocycles. The summed E-state index contributed by atoms with van der Waals surface area (Å²) >= 11 is 0. The van der Waals surface area contributed by atoms with Crippen molar-refractivity contribution in [3.8, 4) is 22.6 Å². The number of halogens is 1. The maximum absolute atomic E-state index is 14.2. The molecule has 2 aromatic carbocycles. The van der Waals surface area contributed by atoms with Gasteiger partial charge in [0.1, 0.15) is 11.6 Å². The fourth-order valence-corrected chi connectivity index (χ4v) is 4.65. The van der Waals surface area contributed by atoms with Gasteiger partial charge in [-0.25, -0.2) is 27.6 Å². The number of ether oxygens (including phenoxy) is 1. The molecule has 1 fully saturated rings. The summed E-state index contributed by atoms with van der Waals surface area (Å²) in [6, 6.07) is 11.6. The second-order valence-electron chi connectivity index (χ2n) is 7.97. The van der Waals surface area contributed by atoms with Gasteiger partial charge in [0.05, 0.1) is 29.8 Å². The lowest BCUT2D eigenvalue weighted by Gasteiger charge is -2.34. The van der Waals surface area contributed by atoms with Crippen LogP contribution in [0.3, 0.4) is 0 Å². The Labute approximate surface area is 196 Å². The first-order chi connectivity index (χ1) is 16.1. The highest BCUT2D eigenvalue weighted by Crippen LogP contribution is 2.32. The molecule has 1 aromatic heterocycles. The smallest absolute Gasteiger partial charge is 0.409 e. The standard InChI is InChI=1S/C23H23FN4O5S/c1-14-13-33-10-9-28(14)21-12-19(18-11-16(24)5-8-20(18)34(2,31)32)26-22(27-21)15-3-6-17(7-4-15)25-23(29)30/h3-8,11-12,14,25H,9-10,13H2,1-2H3,(H,29,30). The molecule has 0 aliphatic carbocycles. The molecule has 3 aromatic rings. The summed E-state index contributed by atoms with van der Waals surface area (Å²) in [5.41, 5.74) is 1.35. The van der Waals surface area contributed by atoms with Crippen LogP contribution in [-0.2, 0) is 14.6 Å². The number of aromatic nitrogens is 2. The maximum Gasteiger partial charge on any atom is 0.409 e. The Kier molecular flexibility index (Phi) is 6.49. The van der Waals surface area contributed by atoms with Gasteiger partial charge in [0.15, 0.2) is 15.7 Å². The molecule has 1 atom stereocenters. The zero-order chi connectivity index (χ0) is 24.5. The van der Waals surface area contributed by atoms with E-state index in [0.717, 1.165) is 18.4 Å². The van der Waals surface area contributed by atoms with Crippen molar-refractivity contribution in [2.24, 2.45) is 0 Å². The van der Waals surface area contributed by atoms with Crippen molar-refractivity contribution < 1.29 is 27.4 Å². The van der Waals surface area contributed by atoms with E-state index in [1.54, 1.807) is 30.3 Å². The number of carbonyl (C=O) groups is 1. The van der Waals surface area contributed by atoms with E-state index in [1.807, 2.05) is 11.8 Å². The summed E-state index contributed by atoms with van der Waals surface area (Å²) in [7, 11) is -3.67. The van der Waals surface area contributed by atoms with Gasteiger partial charge in [0, 0.05) is 35.7 Å². The van der Waals surface area contributed by atoms with E-state index in [0.29, 0.717) is 36.8 Å². The second-order valence-corrected chi connectivity index (χ2v) is 9.96. The molecule has 1 aliphatic rings. The SMILES string of the molecule is CC1COCCN1c1cc(-c2cc(F)ccc2S(C)(=O)=O)nc(-c2ccc(NC(=O)O)cc2)n1. The summed E-state index contributed by atoms with van der Waals surface area (Å²) in [4.78, 5) is 22.1. The highest BCUT2D eigenvalue weighted by molar-refractivity contribution is 7.90. The summed E-state index contributed by atoms with van der Waals surface area (Å²) in [6.45, 7) is 3.56. The lowest BCUT2D eigenvalue weighted by molar-refractivity contribution is 0.0985. The summed E-state index contributed by atoms with van der Waals surface area (Å²) < 4.78 is 44.5. The highest BCUT2D eigenvalue weighted by atomic mass is 32.2. The van der Waals surface area contributed by atoms with Gasteiger partial charge in [-0.1, -0.05) is 0 Å². The number of nitrogens with one attached hydrogen (secondary N) is 1. The van der Waals surface area contributed by atoms with Crippen molar-refractivity contribution in [1.82, 2.24) is 9.97 Å². The minimum atomic E-state index is -3.67. The van der Waals surface area contributed by atoms with Crippen molar-refractivity contribution in [2.75, 3.05) is 36.2 Å². The van der Waals surface area contributed by atoms with Crippen LogP contribution < -0.4 is 10.2 Å². The number of benzene rings is 2. The molecule has 0 bridgehead atoms. The Morgan fingerprint density at radius 1 is 1.18 bits per heavy atom. The van der Waals surface area contributed by atoms with E-state index in [1.165, 1.54) is 6.07 Å². The number of sulfone groups is 1. The van der Waals surface area contributed by atoms with Crippen LogP contribution in [0.1, 0.15) is 6.92 Å². The van der Waals surface area contributed by atoms with Crippen LogP contribution in [0.2, 0.25) is 0 Å². The lowest BCUT2D eigenvalue weighted by Crippen LogP contribution is -2.44. The van der Waals surface area contributed by atoms with Crippen molar-refractivity contribution in [1.29, 1.82) is 0 Å². The van der Waals surface area contributed by atoms with Crippen molar-refractivity contribution in [3.63, 3.8) is 0 Å². The van der Waals surface area contributed by atoms with Crippen molar-refractivity contribution >= 4 is 27.4 Å². The molecule has 9 nitrogen and oxygen atoms in total. The first-order valence-electron chi connectivity index (χ1n) is 10.5. The zero-order valence-corrected chi connectivity index (χ0v) is 19.3. The fourth-order valence-electron chi connectivity index (χ4n) is 3.77. The monoisotopic (exact) mass is 486 g/mol. The molecular formula is C23H23FN4O5S. The molecule has 4 rings (SSSR count). The van der Waals surface area contributed by atoms with Gasteiger partial charge in [-0.05, 0) is 49.4 Å². The maximum atomic E-state index is 14.2. The molecule has 2 N–H and O–H groups in total. The van der Waals surface area contributed by atoms with Crippen LogP contribution in [0.4, 0.5) is 20.7 Å². The van der Waals surface area contributed by atoms with Crippen LogP contribution in [-0.4, -0.2) is 61.6 Å². The number of anilines is 2. The van der Waals surface area contributed by atoms with E-state index in [4.69, 9.17) is 9.84 Å². The Morgan fingerprint density at radius 2 is 1.91 bits per heavy atom. The van der Waals surface area contributed by atoms with Gasteiger partial charge in [0.25, 0.3) is 0 Å². The number of rotatable bonds is 5. The van der Waals surface area contributed by atoms with Gasteiger partial charge in [-0.3, -0.25) is 5.32 Å². The molecule has 34 heavy (non-hydrogen) atoms. The molecule has 11 heteroatoms. The lowest BCUT2D eigenvalue weighted by atomic mass is 10.1. The first kappa shape index (κ1) is 23.6. The van der Waals surface area contributed by atoms with Crippen LogP contribution in [0.5, 0.6) is 0 Å². The van der Waals surface area contributed by atoms with E-state index in [-0.39, 0.29) is 28.0 Å². The number of amides is 1. The average Bonchev–Trinajstić information content (AvgIpc) is 2.78. The molecule has 1 aliphatic heterocycles. The van der Waals surface area contributed by atoms with E-state index in [2.05, 4.69) is 15.3 Å². The van der Waals surface area contributed by atoms with Gasteiger partial charge in [-0.2, -0.15) is 0 Å². The minimum absolute atomic E-state index is 0.00776. The molecule has 0 radical (unpaired) electrons. The molecule has 0 saturated carbocycles. The average molecular weight is 487 g/mol. The first-order valence-corrected chi connectivity index (χ1v) is 12.3. The summed E-state index contributed by atoms with van der Waals surface area (Å²) in [6.07, 6.45) is -0.126. The van der Waals surface area contributed by atoms with E-state index < -0.39 is 21.7 Å². The highest BCUT2D eigenvalue weighted by Gasteiger charge is 2.24. The molecular weight excluding hydrogens is 463 g/mol.